The van der Waals surface area contributed by atoms with Crippen LogP contribution < -0.4 is 10.4 Å². The third kappa shape index (κ3) is 2.36. The number of alkyl halides is 1. The molecule has 112 valence electrons. The topological polar surface area (TPSA) is 35.1 Å². The van der Waals surface area contributed by atoms with Crippen molar-refractivity contribution in [1.82, 2.24) is 0 Å². The van der Waals surface area contributed by atoms with E-state index in [1.807, 2.05) is 13.0 Å². The van der Waals surface area contributed by atoms with Crippen LogP contribution in [-0.4, -0.2) is 11.9 Å². The fraction of sp³-hybridized carbons (Fsp3) is 0.444. The maximum atomic E-state index is 12.3. The van der Waals surface area contributed by atoms with Gasteiger partial charge in [0.15, 0.2) is 0 Å². The van der Waals surface area contributed by atoms with Gasteiger partial charge in [-0.15, -0.1) is 11.6 Å². The molecule has 1 aliphatic rings. The van der Waals surface area contributed by atoms with Crippen LogP contribution in [0, 0.1) is 0 Å². The lowest BCUT2D eigenvalue weighted by molar-refractivity contribution is -0.265. The van der Waals surface area contributed by atoms with Crippen LogP contribution >= 0.6 is 11.6 Å². The van der Waals surface area contributed by atoms with E-state index in [-0.39, 0.29) is 22.5 Å². The van der Waals surface area contributed by atoms with Gasteiger partial charge in [0.25, 0.3) is 0 Å². The first-order valence-corrected chi connectivity index (χ1v) is 7.89. The molecule has 0 aliphatic carbocycles. The molecule has 1 N–H and O–H groups in total. The van der Waals surface area contributed by atoms with Crippen molar-refractivity contribution in [1.29, 1.82) is 0 Å². The summed E-state index contributed by atoms with van der Waals surface area (Å²) in [6, 6.07) is 7.92. The highest BCUT2D eigenvalue weighted by Gasteiger charge is 2.28. The molecule has 3 rings (SSSR count). The van der Waals surface area contributed by atoms with Gasteiger partial charge in [0.2, 0.25) is 0 Å². The van der Waals surface area contributed by atoms with E-state index >= 15 is 0 Å². The third-order valence-electron chi connectivity index (χ3n) is 4.44. The summed E-state index contributed by atoms with van der Waals surface area (Å²) in [6.45, 7) is 9.39. The van der Waals surface area contributed by atoms with Gasteiger partial charge in [0.05, 0.1) is 0 Å². The number of hydrogen-bond donors (Lipinski definition) is 1. The quantitative estimate of drug-likeness (QED) is 0.795. The summed E-state index contributed by atoms with van der Waals surface area (Å²) >= 11 is 6.36. The van der Waals surface area contributed by atoms with Crippen molar-refractivity contribution in [3.05, 3.63) is 35.4 Å². The highest BCUT2D eigenvalue weighted by Crippen LogP contribution is 2.44. The van der Waals surface area contributed by atoms with Gasteiger partial charge in [-0.05, 0) is 40.3 Å². The molecule has 0 spiro atoms. The summed E-state index contributed by atoms with van der Waals surface area (Å²) in [6.07, 6.45) is 0. The van der Waals surface area contributed by atoms with Gasteiger partial charge < -0.3 is 10.4 Å². The molecule has 2 atom stereocenters. The molecular formula is C18H21ClNO-. The van der Waals surface area contributed by atoms with Crippen molar-refractivity contribution in [2.75, 3.05) is 11.9 Å². The highest BCUT2D eigenvalue weighted by molar-refractivity contribution is 6.21. The fourth-order valence-electron chi connectivity index (χ4n) is 3.14. The van der Waals surface area contributed by atoms with Gasteiger partial charge in [-0.1, -0.05) is 44.7 Å². The number of benzene rings is 2. The Labute approximate surface area is 131 Å². The molecular weight excluding hydrogens is 282 g/mol. The Morgan fingerprint density at radius 2 is 1.95 bits per heavy atom. The van der Waals surface area contributed by atoms with E-state index in [1.165, 1.54) is 11.1 Å². The summed E-state index contributed by atoms with van der Waals surface area (Å²) in [4.78, 5) is 0. The molecule has 0 radical (unpaired) electrons. The minimum absolute atomic E-state index is 0.0396. The molecule has 1 heterocycles. The van der Waals surface area contributed by atoms with Crippen LogP contribution in [0.2, 0.25) is 0 Å². The van der Waals surface area contributed by atoms with Gasteiger partial charge in [-0.25, -0.2) is 0 Å². The van der Waals surface area contributed by atoms with Gasteiger partial charge in [0.1, 0.15) is 0 Å². The Morgan fingerprint density at radius 1 is 1.24 bits per heavy atom. The Morgan fingerprint density at radius 3 is 2.57 bits per heavy atom. The molecule has 1 aliphatic heterocycles. The second-order valence-electron chi connectivity index (χ2n) is 7.01. The molecule has 0 saturated carbocycles. The van der Waals surface area contributed by atoms with Gasteiger partial charge in [-0.2, -0.15) is 0 Å². The molecule has 0 aromatic heterocycles. The second kappa shape index (κ2) is 4.81. The highest BCUT2D eigenvalue weighted by atomic mass is 35.5. The zero-order valence-corrected chi connectivity index (χ0v) is 13.7. The van der Waals surface area contributed by atoms with Crippen molar-refractivity contribution < 1.29 is 5.11 Å². The minimum atomic E-state index is 0.0396. The monoisotopic (exact) mass is 302 g/mol. The number of nitrogens with one attached hydrogen (secondary N) is 1. The van der Waals surface area contributed by atoms with Crippen LogP contribution in [-0.2, 0) is 5.41 Å². The second-order valence-corrected chi connectivity index (χ2v) is 7.70. The van der Waals surface area contributed by atoms with E-state index in [0.717, 1.165) is 23.0 Å². The van der Waals surface area contributed by atoms with Crippen LogP contribution in [0.25, 0.3) is 10.8 Å². The smallest absolute Gasteiger partial charge is 0.0394 e. The zero-order valence-electron chi connectivity index (χ0n) is 13.0. The molecule has 0 saturated heterocycles. The van der Waals surface area contributed by atoms with E-state index in [4.69, 9.17) is 11.6 Å². The van der Waals surface area contributed by atoms with Gasteiger partial charge in [-0.3, -0.25) is 0 Å². The normalized spacial score (nSPS) is 19.4. The predicted octanol–water partition coefficient (Wildman–Crippen LogP) is 4.35. The van der Waals surface area contributed by atoms with Crippen LogP contribution in [0.5, 0.6) is 5.75 Å². The van der Waals surface area contributed by atoms with E-state index in [0.29, 0.717) is 0 Å². The minimum Gasteiger partial charge on any atom is -0.872 e. The first kappa shape index (κ1) is 14.5. The molecule has 2 unspecified atom stereocenters. The van der Waals surface area contributed by atoms with Gasteiger partial charge in [0, 0.05) is 23.5 Å². The van der Waals surface area contributed by atoms with Crippen molar-refractivity contribution in [3.63, 3.8) is 0 Å². The summed E-state index contributed by atoms with van der Waals surface area (Å²) in [5.74, 6) is 0.333. The molecule has 3 heteroatoms. The fourth-order valence-corrected chi connectivity index (χ4v) is 3.35. The lowest BCUT2D eigenvalue weighted by atomic mass is 9.84. The van der Waals surface area contributed by atoms with Crippen LogP contribution in [0.15, 0.2) is 24.3 Å². The summed E-state index contributed by atoms with van der Waals surface area (Å²) < 4.78 is 0. The summed E-state index contributed by atoms with van der Waals surface area (Å²) in [7, 11) is 0. The first-order chi connectivity index (χ1) is 9.79. The lowest BCUT2D eigenvalue weighted by Crippen LogP contribution is -2.13. The largest absolute Gasteiger partial charge is 0.872 e. The Bertz CT molecular complexity index is 700. The van der Waals surface area contributed by atoms with Crippen LogP contribution in [0.3, 0.4) is 0 Å². The first-order valence-electron chi connectivity index (χ1n) is 7.45. The molecule has 2 aromatic rings. The average Bonchev–Trinajstić information content (AvgIpc) is 2.81. The van der Waals surface area contributed by atoms with E-state index in [2.05, 4.69) is 38.2 Å². The Balaban J connectivity index is 2.32. The van der Waals surface area contributed by atoms with Gasteiger partial charge >= 0.3 is 0 Å². The third-order valence-corrected chi connectivity index (χ3v) is 4.75. The van der Waals surface area contributed by atoms with Crippen molar-refractivity contribution in [2.24, 2.45) is 0 Å². The maximum Gasteiger partial charge on any atom is 0.0394 e. The average molecular weight is 303 g/mol. The molecule has 0 fully saturated rings. The van der Waals surface area contributed by atoms with Crippen molar-refractivity contribution in [2.45, 2.75) is 44.4 Å². The lowest BCUT2D eigenvalue weighted by Gasteiger charge is -2.23. The number of halogens is 1. The molecule has 21 heavy (non-hydrogen) atoms. The summed E-state index contributed by atoms with van der Waals surface area (Å²) in [5, 5.41) is 17.5. The maximum absolute atomic E-state index is 12.3. The molecule has 0 bridgehead atoms. The van der Waals surface area contributed by atoms with E-state index < -0.39 is 0 Å². The summed E-state index contributed by atoms with van der Waals surface area (Å²) in [5.41, 5.74) is 3.47. The molecule has 0 amide bonds. The standard InChI is InChI=1S/C18H22ClNO/c1-10(19)14-9-20-15-8-16(21)12-6-5-11(18(2,3)4)7-13(12)17(14)15/h5-8,10,14,20-21H,9H2,1-4H3/p-1. The Hall–Kier alpha value is -1.41. The molecule has 2 aromatic carbocycles. The predicted molar refractivity (Wildman–Crippen MR) is 88.6 cm³/mol. The number of anilines is 1. The van der Waals surface area contributed by atoms with Crippen molar-refractivity contribution >= 4 is 28.1 Å². The Kier molecular flexibility index (Phi) is 3.32. The van der Waals surface area contributed by atoms with Crippen molar-refractivity contribution in [3.8, 4) is 5.75 Å². The van der Waals surface area contributed by atoms with E-state index in [9.17, 15) is 5.11 Å². The van der Waals surface area contributed by atoms with Crippen LogP contribution in [0.1, 0.15) is 44.7 Å². The number of rotatable bonds is 1. The van der Waals surface area contributed by atoms with E-state index in [1.54, 1.807) is 6.07 Å². The SMILES string of the molecule is CC(Cl)C1CNc2cc([O-])c3ccc(C(C)(C)C)cc3c21. The number of fused-ring (bicyclic) bond motifs is 3. The molecule has 2 nitrogen and oxygen atoms in total. The number of hydrogen-bond acceptors (Lipinski definition) is 2. The van der Waals surface area contributed by atoms with Crippen LogP contribution in [0.4, 0.5) is 5.69 Å². The zero-order chi connectivity index (χ0) is 15.4.